The first-order chi connectivity index (χ1) is 13.9. The van der Waals surface area contributed by atoms with E-state index in [0.717, 1.165) is 12.0 Å². The second kappa shape index (κ2) is 8.77. The highest BCUT2D eigenvalue weighted by Gasteiger charge is 2.29. The fraction of sp³-hybridized carbons (Fsp3) is 0.318. The minimum Gasteiger partial charge on any atom is -0.495 e. The topological polar surface area (TPSA) is 95.9 Å². The molecule has 152 valence electrons. The summed E-state index contributed by atoms with van der Waals surface area (Å²) in [5.41, 5.74) is 2.18. The van der Waals surface area contributed by atoms with Crippen LogP contribution in [-0.2, 0) is 4.79 Å². The summed E-state index contributed by atoms with van der Waals surface area (Å²) in [6.45, 7) is 2.92. The van der Waals surface area contributed by atoms with Gasteiger partial charge in [-0.3, -0.25) is 9.59 Å². The lowest BCUT2D eigenvalue weighted by molar-refractivity contribution is -0.121. The van der Waals surface area contributed by atoms with Crippen LogP contribution >= 0.6 is 0 Å². The van der Waals surface area contributed by atoms with Crippen molar-refractivity contribution in [2.45, 2.75) is 19.8 Å². The number of benzene rings is 2. The number of carboxylic acid groups (broad SMARTS) is 1. The van der Waals surface area contributed by atoms with E-state index < -0.39 is 5.97 Å². The van der Waals surface area contributed by atoms with Crippen LogP contribution in [0.4, 0.5) is 5.69 Å². The van der Waals surface area contributed by atoms with E-state index in [4.69, 9.17) is 9.84 Å². The number of likely N-dealkylation sites (tertiary alicyclic amines) is 1. The zero-order valence-corrected chi connectivity index (χ0v) is 16.5. The molecule has 2 amide bonds. The summed E-state index contributed by atoms with van der Waals surface area (Å²) in [6.07, 6.45) is 1.42. The average Bonchev–Trinajstić information content (AvgIpc) is 2.74. The molecule has 2 aromatic carbocycles. The number of aryl methyl sites for hydroxylation is 1. The largest absolute Gasteiger partial charge is 0.495 e. The Morgan fingerprint density at radius 3 is 2.45 bits per heavy atom. The lowest BCUT2D eigenvalue weighted by Gasteiger charge is -2.32. The number of carbonyl (C=O) groups excluding carboxylic acids is 2. The summed E-state index contributed by atoms with van der Waals surface area (Å²) in [4.78, 5) is 38.4. The number of rotatable bonds is 5. The Morgan fingerprint density at radius 1 is 1.10 bits per heavy atom. The van der Waals surface area contributed by atoms with Crippen molar-refractivity contribution >= 4 is 23.5 Å². The molecule has 3 rings (SSSR count). The summed E-state index contributed by atoms with van der Waals surface area (Å²) in [6, 6.07) is 11.7. The van der Waals surface area contributed by atoms with Crippen LogP contribution in [0, 0.1) is 12.8 Å². The Labute approximate surface area is 169 Å². The third-order valence-electron chi connectivity index (χ3n) is 5.08. The molecule has 1 saturated heterocycles. The molecule has 7 nitrogen and oxygen atoms in total. The van der Waals surface area contributed by atoms with Crippen molar-refractivity contribution in [3.05, 3.63) is 59.2 Å². The number of nitrogens with zero attached hydrogens (tertiary/aromatic N) is 1. The van der Waals surface area contributed by atoms with Crippen LogP contribution in [0.2, 0.25) is 0 Å². The lowest BCUT2D eigenvalue weighted by atomic mass is 9.96. The third kappa shape index (κ3) is 4.74. The second-order valence-electron chi connectivity index (χ2n) is 7.17. The molecule has 0 aliphatic carbocycles. The molecule has 1 atom stereocenters. The van der Waals surface area contributed by atoms with Gasteiger partial charge in [0.15, 0.2) is 0 Å². The van der Waals surface area contributed by atoms with Gasteiger partial charge in [-0.2, -0.15) is 0 Å². The van der Waals surface area contributed by atoms with Crippen LogP contribution in [0.15, 0.2) is 42.5 Å². The molecular weight excluding hydrogens is 372 g/mol. The number of carboxylic acids is 1. The van der Waals surface area contributed by atoms with Crippen molar-refractivity contribution in [1.82, 2.24) is 4.90 Å². The Kier molecular flexibility index (Phi) is 6.16. The van der Waals surface area contributed by atoms with Crippen molar-refractivity contribution in [3.8, 4) is 5.75 Å². The summed E-state index contributed by atoms with van der Waals surface area (Å²) < 4.78 is 5.21. The summed E-state index contributed by atoms with van der Waals surface area (Å²) in [7, 11) is 1.42. The standard InChI is InChI=1S/C22H24N2O5/c1-14-5-7-15(8-6-14)21(26)24-11-3-4-17(13-24)20(25)23-18-10-9-16(22(27)28)12-19(18)29-2/h5-10,12,17H,3-4,11,13H2,1-2H3,(H,23,25)(H,27,28). The number of ether oxygens (including phenoxy) is 1. The van der Waals surface area contributed by atoms with E-state index in [1.807, 2.05) is 19.1 Å². The van der Waals surface area contributed by atoms with Crippen LogP contribution in [0.1, 0.15) is 39.1 Å². The van der Waals surface area contributed by atoms with Crippen LogP contribution in [0.3, 0.4) is 0 Å². The fourth-order valence-corrected chi connectivity index (χ4v) is 3.42. The highest BCUT2D eigenvalue weighted by atomic mass is 16.5. The van der Waals surface area contributed by atoms with Gasteiger partial charge in [-0.05, 0) is 50.1 Å². The van der Waals surface area contributed by atoms with Crippen LogP contribution < -0.4 is 10.1 Å². The van der Waals surface area contributed by atoms with Gasteiger partial charge in [0.25, 0.3) is 5.91 Å². The van der Waals surface area contributed by atoms with Crippen molar-refractivity contribution in [2.24, 2.45) is 5.92 Å². The maximum atomic E-state index is 12.8. The van der Waals surface area contributed by atoms with E-state index in [2.05, 4.69) is 5.32 Å². The van der Waals surface area contributed by atoms with Crippen molar-refractivity contribution < 1.29 is 24.2 Å². The number of hydrogen-bond donors (Lipinski definition) is 2. The van der Waals surface area contributed by atoms with Gasteiger partial charge in [0.2, 0.25) is 5.91 Å². The summed E-state index contributed by atoms with van der Waals surface area (Å²) in [5, 5.41) is 11.9. The van der Waals surface area contributed by atoms with Crippen molar-refractivity contribution in [2.75, 3.05) is 25.5 Å². The monoisotopic (exact) mass is 396 g/mol. The number of nitrogens with one attached hydrogen (secondary N) is 1. The maximum Gasteiger partial charge on any atom is 0.335 e. The first kappa shape index (κ1) is 20.4. The third-order valence-corrected chi connectivity index (χ3v) is 5.08. The summed E-state index contributed by atoms with van der Waals surface area (Å²) in [5.74, 6) is -1.43. The second-order valence-corrected chi connectivity index (χ2v) is 7.17. The van der Waals surface area contributed by atoms with E-state index in [0.29, 0.717) is 30.8 Å². The number of aromatic carboxylic acids is 1. The first-order valence-electron chi connectivity index (χ1n) is 9.47. The van der Waals surface area contributed by atoms with E-state index in [1.54, 1.807) is 17.0 Å². The smallest absolute Gasteiger partial charge is 0.335 e. The highest BCUT2D eigenvalue weighted by molar-refractivity contribution is 5.97. The number of amides is 2. The molecule has 2 aromatic rings. The van der Waals surface area contributed by atoms with Gasteiger partial charge in [-0.15, -0.1) is 0 Å². The number of anilines is 1. The Hall–Kier alpha value is -3.35. The first-order valence-corrected chi connectivity index (χ1v) is 9.47. The SMILES string of the molecule is COc1cc(C(=O)O)ccc1NC(=O)C1CCCN(C(=O)c2ccc(C)cc2)C1. The van der Waals surface area contributed by atoms with Gasteiger partial charge in [-0.1, -0.05) is 17.7 Å². The minimum atomic E-state index is -1.07. The molecule has 1 aliphatic rings. The van der Waals surface area contributed by atoms with Crippen molar-refractivity contribution in [1.29, 1.82) is 0 Å². The molecule has 2 N–H and O–H groups in total. The molecular formula is C22H24N2O5. The molecule has 1 heterocycles. The molecule has 1 fully saturated rings. The molecule has 1 unspecified atom stereocenters. The van der Waals surface area contributed by atoms with Gasteiger partial charge in [0, 0.05) is 18.7 Å². The number of methoxy groups -OCH3 is 1. The number of carbonyl (C=O) groups is 3. The van der Waals surface area contributed by atoms with Crippen LogP contribution in [0.25, 0.3) is 0 Å². The van der Waals surface area contributed by atoms with E-state index >= 15 is 0 Å². The predicted molar refractivity (Wildman–Crippen MR) is 108 cm³/mol. The Balaban J connectivity index is 1.69. The molecule has 7 heteroatoms. The van der Waals surface area contributed by atoms with Crippen LogP contribution in [-0.4, -0.2) is 48.0 Å². The van der Waals surface area contributed by atoms with E-state index in [-0.39, 0.29) is 29.0 Å². The van der Waals surface area contributed by atoms with Gasteiger partial charge in [0.05, 0.1) is 24.3 Å². The van der Waals surface area contributed by atoms with Gasteiger partial charge in [-0.25, -0.2) is 4.79 Å². The molecule has 0 bridgehead atoms. The zero-order chi connectivity index (χ0) is 21.0. The molecule has 29 heavy (non-hydrogen) atoms. The number of hydrogen-bond acceptors (Lipinski definition) is 4. The van der Waals surface area contributed by atoms with Gasteiger partial charge in [0.1, 0.15) is 5.75 Å². The molecule has 0 radical (unpaired) electrons. The minimum absolute atomic E-state index is 0.0763. The van der Waals surface area contributed by atoms with E-state index in [9.17, 15) is 14.4 Å². The fourth-order valence-electron chi connectivity index (χ4n) is 3.42. The lowest BCUT2D eigenvalue weighted by Crippen LogP contribution is -2.43. The highest BCUT2D eigenvalue weighted by Crippen LogP contribution is 2.27. The Bertz CT molecular complexity index is 923. The maximum absolute atomic E-state index is 12.8. The van der Waals surface area contributed by atoms with Crippen molar-refractivity contribution in [3.63, 3.8) is 0 Å². The molecule has 0 spiro atoms. The molecule has 0 saturated carbocycles. The average molecular weight is 396 g/mol. The quantitative estimate of drug-likeness (QED) is 0.809. The normalized spacial score (nSPS) is 16.2. The van der Waals surface area contributed by atoms with Gasteiger partial charge < -0.3 is 20.1 Å². The van der Waals surface area contributed by atoms with E-state index in [1.165, 1.54) is 25.3 Å². The van der Waals surface area contributed by atoms with Gasteiger partial charge >= 0.3 is 5.97 Å². The molecule has 0 aromatic heterocycles. The summed E-state index contributed by atoms with van der Waals surface area (Å²) >= 11 is 0. The number of piperidine rings is 1. The van der Waals surface area contributed by atoms with Crippen LogP contribution in [0.5, 0.6) is 5.75 Å². The zero-order valence-electron chi connectivity index (χ0n) is 16.5. The molecule has 1 aliphatic heterocycles. The Morgan fingerprint density at radius 2 is 1.79 bits per heavy atom. The predicted octanol–water partition coefficient (Wildman–Crippen LogP) is 3.19.